The highest BCUT2D eigenvalue weighted by Crippen LogP contribution is 2.28. The predicted octanol–water partition coefficient (Wildman–Crippen LogP) is 4.97. The summed E-state index contributed by atoms with van der Waals surface area (Å²) in [5, 5.41) is 3.97. The van der Waals surface area contributed by atoms with Crippen LogP contribution in [0.5, 0.6) is 0 Å². The zero-order valence-corrected chi connectivity index (χ0v) is 17.1. The highest BCUT2D eigenvalue weighted by molar-refractivity contribution is 8.14. The third-order valence-electron chi connectivity index (χ3n) is 4.75. The molecule has 0 radical (unpaired) electrons. The molecule has 1 saturated heterocycles. The molecule has 8 heteroatoms. The Morgan fingerprint density at radius 1 is 1.38 bits per heavy atom. The molecule has 1 unspecified atom stereocenters. The van der Waals surface area contributed by atoms with Crippen LogP contribution < -0.4 is 5.32 Å². The maximum Gasteiger partial charge on any atom is 0.226 e. The lowest BCUT2D eigenvalue weighted by molar-refractivity contribution is -0.116. The van der Waals surface area contributed by atoms with E-state index in [2.05, 4.69) is 10.2 Å². The molecule has 0 bridgehead atoms. The summed E-state index contributed by atoms with van der Waals surface area (Å²) >= 11 is 7.44. The van der Waals surface area contributed by atoms with Crippen molar-refractivity contribution in [2.75, 3.05) is 18.1 Å². The van der Waals surface area contributed by atoms with Crippen LogP contribution in [-0.2, 0) is 4.79 Å². The molecule has 2 fully saturated rings. The molecule has 2 aliphatic rings. The summed E-state index contributed by atoms with van der Waals surface area (Å²) in [5.74, 6) is 0.116. The predicted molar refractivity (Wildman–Crippen MR) is 110 cm³/mol. The minimum absolute atomic E-state index is 0. The van der Waals surface area contributed by atoms with Crippen LogP contribution in [0.3, 0.4) is 0 Å². The van der Waals surface area contributed by atoms with E-state index in [0.29, 0.717) is 17.5 Å². The average Bonchev–Trinajstić information content (AvgIpc) is 2.92. The third-order valence-corrected chi connectivity index (χ3v) is 6.19. The van der Waals surface area contributed by atoms with Gasteiger partial charge in [0.1, 0.15) is 5.82 Å². The van der Waals surface area contributed by atoms with Crippen LogP contribution in [0.25, 0.3) is 0 Å². The number of amidine groups is 1. The lowest BCUT2D eigenvalue weighted by atomic mass is 9.96. The number of hydrogen-bond acceptors (Lipinski definition) is 3. The summed E-state index contributed by atoms with van der Waals surface area (Å²) in [5.41, 5.74) is 0.166. The van der Waals surface area contributed by atoms with Gasteiger partial charge in [0, 0.05) is 30.3 Å². The van der Waals surface area contributed by atoms with Gasteiger partial charge in [-0.2, -0.15) is 0 Å². The van der Waals surface area contributed by atoms with Gasteiger partial charge in [0.2, 0.25) is 5.91 Å². The van der Waals surface area contributed by atoms with Crippen LogP contribution in [0.2, 0.25) is 5.02 Å². The van der Waals surface area contributed by atoms with Crippen LogP contribution >= 0.6 is 35.8 Å². The Morgan fingerprint density at radius 3 is 2.81 bits per heavy atom. The van der Waals surface area contributed by atoms with Gasteiger partial charge in [-0.05, 0) is 31.0 Å². The average molecular weight is 420 g/mol. The van der Waals surface area contributed by atoms with Gasteiger partial charge in [-0.3, -0.25) is 9.79 Å². The van der Waals surface area contributed by atoms with E-state index in [0.717, 1.165) is 10.9 Å². The summed E-state index contributed by atoms with van der Waals surface area (Å²) in [6.45, 7) is 0. The number of benzene rings is 1. The molecule has 1 amide bonds. The Morgan fingerprint density at radius 2 is 2.12 bits per heavy atom. The molecule has 0 spiro atoms. The van der Waals surface area contributed by atoms with Gasteiger partial charge in [-0.1, -0.05) is 42.6 Å². The molecule has 1 aliphatic heterocycles. The molecule has 1 saturated carbocycles. The largest absolute Gasteiger partial charge is 0.350 e. The number of thioether (sulfide) groups is 1. The molecule has 0 aromatic heterocycles. The molecule has 26 heavy (non-hydrogen) atoms. The molecule has 1 aliphatic carbocycles. The van der Waals surface area contributed by atoms with Crippen molar-refractivity contribution in [3.8, 4) is 0 Å². The smallest absolute Gasteiger partial charge is 0.226 e. The first-order valence-corrected chi connectivity index (χ1v) is 10.1. The summed E-state index contributed by atoms with van der Waals surface area (Å²) in [7, 11) is 1.99. The van der Waals surface area contributed by atoms with Crippen LogP contribution in [0.4, 0.5) is 10.1 Å². The van der Waals surface area contributed by atoms with E-state index in [1.807, 2.05) is 7.05 Å². The molecule has 144 valence electrons. The van der Waals surface area contributed by atoms with Gasteiger partial charge in [0.15, 0.2) is 5.17 Å². The third kappa shape index (κ3) is 5.51. The van der Waals surface area contributed by atoms with Gasteiger partial charge < -0.3 is 10.2 Å². The first kappa shape index (κ1) is 21.3. The number of aliphatic imine (C=N–C) groups is 1. The van der Waals surface area contributed by atoms with Crippen molar-refractivity contribution in [1.29, 1.82) is 0 Å². The van der Waals surface area contributed by atoms with Crippen molar-refractivity contribution in [3.05, 3.63) is 29.0 Å². The van der Waals surface area contributed by atoms with E-state index in [4.69, 9.17) is 16.6 Å². The van der Waals surface area contributed by atoms with Crippen LogP contribution in [0.1, 0.15) is 38.5 Å². The Bertz CT molecular complexity index is 668. The lowest BCUT2D eigenvalue weighted by Crippen LogP contribution is -2.34. The van der Waals surface area contributed by atoms with Gasteiger partial charge in [-0.25, -0.2) is 4.39 Å². The summed E-state index contributed by atoms with van der Waals surface area (Å²) in [6, 6.07) is 4.76. The van der Waals surface area contributed by atoms with Crippen LogP contribution in [-0.4, -0.2) is 40.9 Å². The normalized spacial score (nSPS) is 22.3. The van der Waals surface area contributed by atoms with E-state index in [-0.39, 0.29) is 30.0 Å². The van der Waals surface area contributed by atoms with Crippen molar-refractivity contribution in [1.82, 2.24) is 4.90 Å². The number of hydrogen-bond donors (Lipinski definition) is 1. The standard InChI is InChI=1S/C18H23ClFN3OS.ClH/c1-23-14(11-25-18(23)21-13-5-3-2-4-6-13)10-17(24)22-16-8-7-12(19)9-15(16)20;/h7-9,13-14H,2-6,10-11H2,1H3,(H,22,24);1H. The van der Waals surface area contributed by atoms with Gasteiger partial charge in [-0.15, -0.1) is 12.4 Å². The van der Waals surface area contributed by atoms with Crippen molar-refractivity contribution < 1.29 is 9.18 Å². The van der Waals surface area contributed by atoms with Gasteiger partial charge >= 0.3 is 0 Å². The summed E-state index contributed by atoms with van der Waals surface area (Å²) in [4.78, 5) is 19.2. The maximum atomic E-state index is 13.8. The first-order valence-electron chi connectivity index (χ1n) is 8.71. The second-order valence-electron chi connectivity index (χ2n) is 6.66. The number of rotatable bonds is 4. The highest BCUT2D eigenvalue weighted by atomic mass is 35.5. The molecule has 1 heterocycles. The van der Waals surface area contributed by atoms with Crippen LogP contribution in [0, 0.1) is 5.82 Å². The second-order valence-corrected chi connectivity index (χ2v) is 8.08. The zero-order chi connectivity index (χ0) is 17.8. The molecule has 1 atom stereocenters. The van der Waals surface area contributed by atoms with Crippen LogP contribution in [0.15, 0.2) is 23.2 Å². The topological polar surface area (TPSA) is 44.7 Å². The van der Waals surface area contributed by atoms with E-state index in [1.54, 1.807) is 17.8 Å². The number of anilines is 1. The molecular formula is C18H24Cl2FN3OS. The summed E-state index contributed by atoms with van der Waals surface area (Å²) < 4.78 is 13.8. The Balaban J connectivity index is 0.00000243. The van der Waals surface area contributed by atoms with E-state index >= 15 is 0 Å². The Hall–Kier alpha value is -0.980. The Labute approximate surface area is 169 Å². The molecule has 1 aromatic rings. The zero-order valence-electron chi connectivity index (χ0n) is 14.7. The number of halogens is 3. The Kier molecular flexibility index (Phi) is 8.05. The molecule has 1 N–H and O–H groups in total. The van der Waals surface area contributed by atoms with Crippen molar-refractivity contribution >= 4 is 52.5 Å². The quantitative estimate of drug-likeness (QED) is 0.749. The highest BCUT2D eigenvalue weighted by Gasteiger charge is 2.30. The van der Waals surface area contributed by atoms with E-state index < -0.39 is 5.82 Å². The number of carbonyl (C=O) groups is 1. The van der Waals surface area contributed by atoms with Crippen molar-refractivity contribution in [2.45, 2.75) is 50.6 Å². The fraction of sp³-hybridized carbons (Fsp3) is 0.556. The number of amides is 1. The van der Waals surface area contributed by atoms with Crippen molar-refractivity contribution in [3.63, 3.8) is 0 Å². The molecular weight excluding hydrogens is 396 g/mol. The fourth-order valence-corrected chi connectivity index (χ4v) is 4.66. The van der Waals surface area contributed by atoms with Crippen molar-refractivity contribution in [2.24, 2.45) is 4.99 Å². The minimum atomic E-state index is -0.519. The molecule has 4 nitrogen and oxygen atoms in total. The first-order chi connectivity index (χ1) is 12.0. The lowest BCUT2D eigenvalue weighted by Gasteiger charge is -2.23. The number of carbonyl (C=O) groups excluding carboxylic acids is 1. The fourth-order valence-electron chi connectivity index (χ4n) is 3.24. The number of nitrogens with one attached hydrogen (secondary N) is 1. The molecule has 1 aromatic carbocycles. The van der Waals surface area contributed by atoms with E-state index in [1.165, 1.54) is 44.2 Å². The van der Waals surface area contributed by atoms with Gasteiger partial charge in [0.05, 0.1) is 11.7 Å². The molecule has 3 rings (SSSR count). The maximum absolute atomic E-state index is 13.8. The van der Waals surface area contributed by atoms with E-state index in [9.17, 15) is 9.18 Å². The summed E-state index contributed by atoms with van der Waals surface area (Å²) in [6.07, 6.45) is 6.48. The van der Waals surface area contributed by atoms with Gasteiger partial charge in [0.25, 0.3) is 0 Å². The minimum Gasteiger partial charge on any atom is -0.350 e. The SMILES string of the molecule is CN1C(=NC2CCCCC2)SCC1CC(=O)Nc1ccc(Cl)cc1F.Cl. The number of nitrogens with zero attached hydrogens (tertiary/aromatic N) is 2. The second kappa shape index (κ2) is 9.81. The monoisotopic (exact) mass is 419 g/mol.